The molecule has 0 spiro atoms. The Morgan fingerprint density at radius 3 is 2.88 bits per heavy atom. The van der Waals surface area contributed by atoms with Gasteiger partial charge < -0.3 is 9.72 Å². The van der Waals surface area contributed by atoms with Crippen molar-refractivity contribution < 1.29 is 14.3 Å². The molecule has 0 aliphatic heterocycles. The van der Waals surface area contributed by atoms with Gasteiger partial charge in [-0.3, -0.25) is 4.79 Å². The van der Waals surface area contributed by atoms with Crippen LogP contribution >= 0.6 is 23.1 Å². The number of nitrogens with one attached hydrogen (secondary N) is 1. The summed E-state index contributed by atoms with van der Waals surface area (Å²) in [5.74, 6) is -0.259. The maximum absolute atomic E-state index is 12.6. The molecular formula is C17H17N3O3S2. The summed E-state index contributed by atoms with van der Waals surface area (Å²) in [7, 11) is 0. The molecule has 0 saturated carbocycles. The van der Waals surface area contributed by atoms with E-state index in [2.05, 4.69) is 15.0 Å². The Balaban J connectivity index is 1.79. The number of thioether (sulfide) groups is 1. The van der Waals surface area contributed by atoms with Gasteiger partial charge in [-0.15, -0.1) is 11.3 Å². The minimum Gasteiger partial charge on any atom is -0.462 e. The summed E-state index contributed by atoms with van der Waals surface area (Å²) in [6.45, 7) is 5.58. The van der Waals surface area contributed by atoms with Crippen molar-refractivity contribution in [1.82, 2.24) is 15.0 Å². The number of carbonyl (C=O) groups is 2. The van der Waals surface area contributed by atoms with Gasteiger partial charge in [0.2, 0.25) is 0 Å². The number of ketones is 1. The van der Waals surface area contributed by atoms with Crippen molar-refractivity contribution in [1.29, 1.82) is 0 Å². The van der Waals surface area contributed by atoms with E-state index in [4.69, 9.17) is 4.74 Å². The molecule has 8 heteroatoms. The van der Waals surface area contributed by atoms with Crippen molar-refractivity contribution in [2.45, 2.75) is 25.8 Å². The number of thiophene rings is 1. The van der Waals surface area contributed by atoms with Crippen LogP contribution in [0, 0.1) is 13.8 Å². The Hall–Kier alpha value is -2.19. The van der Waals surface area contributed by atoms with E-state index in [0.29, 0.717) is 29.1 Å². The maximum Gasteiger partial charge on any atom is 0.340 e. The van der Waals surface area contributed by atoms with Crippen LogP contribution in [-0.4, -0.2) is 39.1 Å². The van der Waals surface area contributed by atoms with E-state index in [-0.39, 0.29) is 11.5 Å². The van der Waals surface area contributed by atoms with E-state index in [1.165, 1.54) is 18.1 Å². The van der Waals surface area contributed by atoms with Gasteiger partial charge in [-0.25, -0.2) is 14.8 Å². The number of aryl methyl sites for hydroxylation is 1. The molecule has 0 aromatic carbocycles. The maximum atomic E-state index is 12.6. The normalized spacial score (nSPS) is 11.0. The van der Waals surface area contributed by atoms with Gasteiger partial charge in [0.25, 0.3) is 0 Å². The first-order valence-electron chi connectivity index (χ1n) is 7.73. The summed E-state index contributed by atoms with van der Waals surface area (Å²) in [5.41, 5.74) is 2.16. The van der Waals surface area contributed by atoms with Crippen LogP contribution < -0.4 is 0 Å². The molecule has 0 aliphatic rings. The van der Waals surface area contributed by atoms with Gasteiger partial charge in [0, 0.05) is 11.1 Å². The van der Waals surface area contributed by atoms with E-state index in [1.54, 1.807) is 32.1 Å². The molecule has 3 rings (SSSR count). The Bertz CT molecular complexity index is 946. The number of hydrogen-bond acceptors (Lipinski definition) is 7. The minimum absolute atomic E-state index is 0.0804. The fourth-order valence-corrected chi connectivity index (χ4v) is 4.28. The number of fused-ring (bicyclic) bond motifs is 1. The van der Waals surface area contributed by atoms with E-state index in [9.17, 15) is 9.59 Å². The van der Waals surface area contributed by atoms with Gasteiger partial charge in [-0.05, 0) is 37.8 Å². The Labute approximate surface area is 153 Å². The van der Waals surface area contributed by atoms with Crippen LogP contribution in [0.5, 0.6) is 0 Å². The molecule has 1 N–H and O–H groups in total. The second-order valence-electron chi connectivity index (χ2n) is 5.38. The lowest BCUT2D eigenvalue weighted by atomic mass is 10.1. The Morgan fingerprint density at radius 2 is 2.12 bits per heavy atom. The molecule has 0 bridgehead atoms. The highest BCUT2D eigenvalue weighted by atomic mass is 32.2. The van der Waals surface area contributed by atoms with E-state index in [1.807, 2.05) is 11.4 Å². The average molecular weight is 375 g/mol. The molecule has 0 radical (unpaired) electrons. The monoisotopic (exact) mass is 375 g/mol. The fourth-order valence-electron chi connectivity index (χ4n) is 2.63. The summed E-state index contributed by atoms with van der Waals surface area (Å²) >= 11 is 2.91. The lowest BCUT2D eigenvalue weighted by Gasteiger charge is -2.03. The highest BCUT2D eigenvalue weighted by molar-refractivity contribution is 8.00. The predicted molar refractivity (Wildman–Crippen MR) is 98.7 cm³/mol. The molecule has 3 heterocycles. The van der Waals surface area contributed by atoms with Crippen LogP contribution in [0.3, 0.4) is 0 Å². The quantitative estimate of drug-likeness (QED) is 0.305. The minimum atomic E-state index is -0.406. The van der Waals surface area contributed by atoms with Gasteiger partial charge >= 0.3 is 5.97 Å². The SMILES string of the molecule is CCOC(=O)c1c(C)[nH]c(C(=O)CSc2ncnc3sccc23)c1C. The number of Topliss-reactive ketones (excluding diaryl/α,β-unsaturated/α-hetero) is 1. The number of ether oxygens (including phenoxy) is 1. The van der Waals surface area contributed by atoms with Crippen molar-refractivity contribution in [3.05, 3.63) is 40.3 Å². The van der Waals surface area contributed by atoms with E-state index < -0.39 is 5.97 Å². The molecule has 0 unspecified atom stereocenters. The molecule has 0 saturated heterocycles. The molecule has 3 aromatic rings. The van der Waals surface area contributed by atoms with Crippen LogP contribution in [0.1, 0.15) is 39.0 Å². The van der Waals surface area contributed by atoms with Crippen LogP contribution in [0.2, 0.25) is 0 Å². The zero-order valence-electron chi connectivity index (χ0n) is 14.1. The van der Waals surface area contributed by atoms with Crippen LogP contribution in [0.4, 0.5) is 0 Å². The number of aromatic amines is 1. The van der Waals surface area contributed by atoms with E-state index >= 15 is 0 Å². The number of hydrogen-bond donors (Lipinski definition) is 1. The molecular weight excluding hydrogens is 358 g/mol. The predicted octanol–water partition coefficient (Wildman–Crippen LogP) is 3.79. The number of aromatic nitrogens is 3. The molecule has 6 nitrogen and oxygen atoms in total. The third kappa shape index (κ3) is 3.45. The first-order valence-corrected chi connectivity index (χ1v) is 9.60. The Kier molecular flexibility index (Phi) is 5.19. The van der Waals surface area contributed by atoms with Crippen LogP contribution in [-0.2, 0) is 4.74 Å². The largest absolute Gasteiger partial charge is 0.462 e. The second-order valence-corrected chi connectivity index (χ2v) is 7.23. The molecule has 0 fully saturated rings. The third-order valence-corrected chi connectivity index (χ3v) is 5.59. The van der Waals surface area contributed by atoms with Crippen molar-refractivity contribution in [3.8, 4) is 0 Å². The Morgan fingerprint density at radius 1 is 1.32 bits per heavy atom. The first-order chi connectivity index (χ1) is 12.0. The second kappa shape index (κ2) is 7.37. The van der Waals surface area contributed by atoms with Crippen molar-refractivity contribution in [3.63, 3.8) is 0 Å². The summed E-state index contributed by atoms with van der Waals surface area (Å²) in [6.07, 6.45) is 1.51. The number of H-pyrrole nitrogens is 1. The lowest BCUT2D eigenvalue weighted by Crippen LogP contribution is -2.08. The zero-order valence-corrected chi connectivity index (χ0v) is 15.7. The third-order valence-electron chi connectivity index (χ3n) is 3.76. The smallest absolute Gasteiger partial charge is 0.340 e. The van der Waals surface area contributed by atoms with Crippen molar-refractivity contribution in [2.24, 2.45) is 0 Å². The zero-order chi connectivity index (χ0) is 18.0. The highest BCUT2D eigenvalue weighted by Gasteiger charge is 2.23. The molecule has 0 atom stereocenters. The molecule has 130 valence electrons. The fraction of sp³-hybridized carbons (Fsp3) is 0.294. The molecule has 25 heavy (non-hydrogen) atoms. The van der Waals surface area contributed by atoms with Crippen LogP contribution in [0.25, 0.3) is 10.2 Å². The summed E-state index contributed by atoms with van der Waals surface area (Å²) in [6, 6.07) is 1.95. The molecule has 0 amide bonds. The van der Waals surface area contributed by atoms with Gasteiger partial charge in [0.05, 0.1) is 23.6 Å². The number of rotatable bonds is 6. The lowest BCUT2D eigenvalue weighted by molar-refractivity contribution is 0.0525. The van der Waals surface area contributed by atoms with Gasteiger partial charge in [-0.2, -0.15) is 0 Å². The van der Waals surface area contributed by atoms with Gasteiger partial charge in [-0.1, -0.05) is 11.8 Å². The standard InChI is InChI=1S/C17H17N3O3S2/c1-4-23-17(22)13-9(2)14(20-10(13)3)12(21)7-25-16-11-5-6-24-15(11)18-8-19-16/h5-6,8,20H,4,7H2,1-3H3. The van der Waals surface area contributed by atoms with Gasteiger partial charge in [0.15, 0.2) is 5.78 Å². The van der Waals surface area contributed by atoms with E-state index in [0.717, 1.165) is 15.2 Å². The summed E-state index contributed by atoms with van der Waals surface area (Å²) in [5, 5.41) is 3.69. The number of esters is 1. The average Bonchev–Trinajstić information content (AvgIpc) is 3.17. The molecule has 0 aliphatic carbocycles. The summed E-state index contributed by atoms with van der Waals surface area (Å²) in [4.78, 5) is 37.1. The van der Waals surface area contributed by atoms with Crippen LogP contribution in [0.15, 0.2) is 22.8 Å². The summed E-state index contributed by atoms with van der Waals surface area (Å²) < 4.78 is 5.06. The van der Waals surface area contributed by atoms with Crippen molar-refractivity contribution in [2.75, 3.05) is 12.4 Å². The highest BCUT2D eigenvalue weighted by Crippen LogP contribution is 2.28. The number of carbonyl (C=O) groups excluding carboxylic acids is 2. The topological polar surface area (TPSA) is 84.9 Å². The van der Waals surface area contributed by atoms with Gasteiger partial charge in [0.1, 0.15) is 16.2 Å². The number of nitrogens with zero attached hydrogens (tertiary/aromatic N) is 2. The van der Waals surface area contributed by atoms with Crippen molar-refractivity contribution >= 4 is 45.1 Å². The molecule has 3 aromatic heterocycles. The first kappa shape index (κ1) is 17.6.